The number of benzene rings is 1. The second kappa shape index (κ2) is 7.41. The fourth-order valence-corrected chi connectivity index (χ4v) is 1.98. The molecule has 0 aliphatic rings. The maximum absolute atomic E-state index is 11.8. The van der Waals surface area contributed by atoms with Gasteiger partial charge in [0.1, 0.15) is 6.04 Å². The van der Waals surface area contributed by atoms with Crippen LogP contribution in [0.5, 0.6) is 0 Å². The van der Waals surface area contributed by atoms with Gasteiger partial charge in [-0.1, -0.05) is 25.5 Å². The van der Waals surface area contributed by atoms with Crippen LogP contribution < -0.4 is 10.6 Å². The Balaban J connectivity index is 2.56. The minimum Gasteiger partial charge on any atom is -0.373 e. The minimum absolute atomic E-state index is 0.0388. The molecule has 100 valence electrons. The average molecular weight is 313 g/mol. The number of aryl methyl sites for hydroxylation is 1. The Kier molecular flexibility index (Phi) is 6.19. The summed E-state index contributed by atoms with van der Waals surface area (Å²) in [5.41, 5.74) is 2.10. The van der Waals surface area contributed by atoms with E-state index in [4.69, 9.17) is 0 Å². The number of amides is 1. The number of anilines is 1. The van der Waals surface area contributed by atoms with Gasteiger partial charge in [0, 0.05) is 16.7 Å². The molecular formula is C14H21BrN2O. The predicted molar refractivity (Wildman–Crippen MR) is 79.9 cm³/mol. The SMILES string of the molecule is CCCCNC(=O)C(C)Nc1cccc(C)c1Br. The molecule has 1 atom stereocenters. The van der Waals surface area contributed by atoms with Crippen LogP contribution >= 0.6 is 15.9 Å². The molecule has 0 saturated carbocycles. The van der Waals surface area contributed by atoms with Gasteiger partial charge in [0.05, 0.1) is 0 Å². The third kappa shape index (κ3) is 4.33. The van der Waals surface area contributed by atoms with Gasteiger partial charge in [0.25, 0.3) is 0 Å². The van der Waals surface area contributed by atoms with E-state index in [0.717, 1.165) is 35.1 Å². The van der Waals surface area contributed by atoms with E-state index in [-0.39, 0.29) is 11.9 Å². The summed E-state index contributed by atoms with van der Waals surface area (Å²) in [5, 5.41) is 6.14. The molecule has 0 saturated heterocycles. The standard InChI is InChI=1S/C14H21BrN2O/c1-4-5-9-16-14(18)11(3)17-12-8-6-7-10(2)13(12)15/h6-8,11,17H,4-5,9H2,1-3H3,(H,16,18). The summed E-state index contributed by atoms with van der Waals surface area (Å²) >= 11 is 3.53. The Labute approximate surface area is 117 Å². The average Bonchev–Trinajstić information content (AvgIpc) is 2.35. The summed E-state index contributed by atoms with van der Waals surface area (Å²) in [6.07, 6.45) is 2.11. The van der Waals surface area contributed by atoms with Crippen LogP contribution in [0.15, 0.2) is 22.7 Å². The second-order valence-electron chi connectivity index (χ2n) is 4.45. The number of rotatable bonds is 6. The smallest absolute Gasteiger partial charge is 0.242 e. The van der Waals surface area contributed by atoms with E-state index < -0.39 is 0 Å². The van der Waals surface area contributed by atoms with Crippen molar-refractivity contribution >= 4 is 27.5 Å². The van der Waals surface area contributed by atoms with Gasteiger partial charge in [-0.25, -0.2) is 0 Å². The molecule has 2 N–H and O–H groups in total. The number of carbonyl (C=O) groups excluding carboxylic acids is 1. The Morgan fingerprint density at radius 2 is 2.17 bits per heavy atom. The molecule has 1 amide bonds. The van der Waals surface area contributed by atoms with Crippen molar-refractivity contribution < 1.29 is 4.79 Å². The zero-order valence-corrected chi connectivity index (χ0v) is 12.8. The molecule has 1 aromatic carbocycles. The first-order chi connectivity index (χ1) is 8.56. The third-order valence-electron chi connectivity index (χ3n) is 2.79. The largest absolute Gasteiger partial charge is 0.373 e. The van der Waals surface area contributed by atoms with Gasteiger partial charge in [-0.05, 0) is 47.8 Å². The van der Waals surface area contributed by atoms with E-state index in [1.165, 1.54) is 0 Å². The molecule has 1 unspecified atom stereocenters. The molecule has 3 nitrogen and oxygen atoms in total. The second-order valence-corrected chi connectivity index (χ2v) is 5.24. The molecular weight excluding hydrogens is 292 g/mol. The fourth-order valence-electron chi connectivity index (χ4n) is 1.60. The van der Waals surface area contributed by atoms with Crippen LogP contribution in [-0.4, -0.2) is 18.5 Å². The van der Waals surface area contributed by atoms with Gasteiger partial charge in [-0.15, -0.1) is 0 Å². The number of halogens is 1. The van der Waals surface area contributed by atoms with E-state index in [9.17, 15) is 4.79 Å². The molecule has 0 heterocycles. The van der Waals surface area contributed by atoms with E-state index in [0.29, 0.717) is 0 Å². The molecule has 0 radical (unpaired) electrons. The highest BCUT2D eigenvalue weighted by Gasteiger charge is 2.13. The highest BCUT2D eigenvalue weighted by Crippen LogP contribution is 2.26. The van der Waals surface area contributed by atoms with Crippen LogP contribution in [0.1, 0.15) is 32.3 Å². The van der Waals surface area contributed by atoms with Crippen molar-refractivity contribution in [1.29, 1.82) is 0 Å². The lowest BCUT2D eigenvalue weighted by Crippen LogP contribution is -2.38. The van der Waals surface area contributed by atoms with Crippen molar-refractivity contribution in [3.8, 4) is 0 Å². The lowest BCUT2D eigenvalue weighted by Gasteiger charge is -2.17. The van der Waals surface area contributed by atoms with Crippen molar-refractivity contribution in [2.75, 3.05) is 11.9 Å². The molecule has 0 spiro atoms. The van der Waals surface area contributed by atoms with Crippen molar-refractivity contribution in [2.24, 2.45) is 0 Å². The van der Waals surface area contributed by atoms with Gasteiger partial charge in [-0.2, -0.15) is 0 Å². The molecule has 0 aromatic heterocycles. The number of nitrogens with one attached hydrogen (secondary N) is 2. The molecule has 18 heavy (non-hydrogen) atoms. The van der Waals surface area contributed by atoms with Crippen LogP contribution in [0, 0.1) is 6.92 Å². The van der Waals surface area contributed by atoms with Gasteiger partial charge in [0.15, 0.2) is 0 Å². The van der Waals surface area contributed by atoms with Crippen molar-refractivity contribution in [1.82, 2.24) is 5.32 Å². The van der Waals surface area contributed by atoms with Gasteiger partial charge < -0.3 is 10.6 Å². The minimum atomic E-state index is -0.236. The first-order valence-electron chi connectivity index (χ1n) is 6.35. The Morgan fingerprint density at radius 3 is 2.83 bits per heavy atom. The van der Waals surface area contributed by atoms with Crippen LogP contribution in [0.2, 0.25) is 0 Å². The number of unbranched alkanes of at least 4 members (excludes halogenated alkanes) is 1. The highest BCUT2D eigenvalue weighted by atomic mass is 79.9. The summed E-state index contributed by atoms with van der Waals surface area (Å²) < 4.78 is 1.01. The van der Waals surface area contributed by atoms with Crippen molar-refractivity contribution in [2.45, 2.75) is 39.7 Å². The summed E-state index contributed by atoms with van der Waals surface area (Å²) in [6.45, 7) is 6.76. The van der Waals surface area contributed by atoms with E-state index in [2.05, 4.69) is 33.5 Å². The van der Waals surface area contributed by atoms with E-state index in [1.54, 1.807) is 0 Å². The molecule has 4 heteroatoms. The molecule has 1 rings (SSSR count). The zero-order valence-electron chi connectivity index (χ0n) is 11.2. The number of hydrogen-bond donors (Lipinski definition) is 2. The van der Waals surface area contributed by atoms with E-state index in [1.807, 2.05) is 32.0 Å². The van der Waals surface area contributed by atoms with E-state index >= 15 is 0 Å². The Hall–Kier alpha value is -1.03. The third-order valence-corrected chi connectivity index (χ3v) is 3.84. The fraction of sp³-hybridized carbons (Fsp3) is 0.500. The van der Waals surface area contributed by atoms with Crippen molar-refractivity contribution in [3.05, 3.63) is 28.2 Å². The Morgan fingerprint density at radius 1 is 1.44 bits per heavy atom. The summed E-state index contributed by atoms with van der Waals surface area (Å²) in [7, 11) is 0. The van der Waals surface area contributed by atoms with Crippen molar-refractivity contribution in [3.63, 3.8) is 0 Å². The highest BCUT2D eigenvalue weighted by molar-refractivity contribution is 9.10. The van der Waals surface area contributed by atoms with Crippen LogP contribution in [-0.2, 0) is 4.79 Å². The molecule has 1 aromatic rings. The lowest BCUT2D eigenvalue weighted by atomic mass is 10.2. The monoisotopic (exact) mass is 312 g/mol. The molecule has 0 bridgehead atoms. The summed E-state index contributed by atoms with van der Waals surface area (Å²) in [4.78, 5) is 11.8. The van der Waals surface area contributed by atoms with Gasteiger partial charge in [0.2, 0.25) is 5.91 Å². The lowest BCUT2D eigenvalue weighted by molar-refractivity contribution is -0.121. The Bertz CT molecular complexity index is 407. The van der Waals surface area contributed by atoms with Crippen LogP contribution in [0.3, 0.4) is 0 Å². The van der Waals surface area contributed by atoms with Gasteiger partial charge >= 0.3 is 0 Å². The normalized spacial score (nSPS) is 12.0. The quantitative estimate of drug-likeness (QED) is 0.790. The van der Waals surface area contributed by atoms with Gasteiger partial charge in [-0.3, -0.25) is 4.79 Å². The van der Waals surface area contributed by atoms with Crippen LogP contribution in [0.25, 0.3) is 0 Å². The van der Waals surface area contributed by atoms with Crippen LogP contribution in [0.4, 0.5) is 5.69 Å². The first kappa shape index (κ1) is 15.0. The maximum atomic E-state index is 11.8. The summed E-state index contributed by atoms with van der Waals surface area (Å²) in [5.74, 6) is 0.0388. The molecule has 0 aliphatic carbocycles. The number of carbonyl (C=O) groups is 1. The summed E-state index contributed by atoms with van der Waals surface area (Å²) in [6, 6.07) is 5.73. The first-order valence-corrected chi connectivity index (χ1v) is 7.15. The predicted octanol–water partition coefficient (Wildman–Crippen LogP) is 3.47. The molecule has 0 aliphatic heterocycles. The zero-order chi connectivity index (χ0) is 13.5. The topological polar surface area (TPSA) is 41.1 Å². The number of hydrogen-bond acceptors (Lipinski definition) is 2. The maximum Gasteiger partial charge on any atom is 0.242 e. The molecule has 0 fully saturated rings.